The van der Waals surface area contributed by atoms with Crippen LogP contribution in [-0.2, 0) is 40.1 Å². The Kier molecular flexibility index (Phi) is 9.59. The fraction of sp³-hybridized carbons (Fsp3) is 0.464. The number of esters is 1. The summed E-state index contributed by atoms with van der Waals surface area (Å²) in [7, 11) is 0. The average Bonchev–Trinajstić information content (AvgIpc) is 3.55. The van der Waals surface area contributed by atoms with Crippen LogP contribution in [0, 0.1) is 0 Å². The molecule has 4 rings (SSSR count). The van der Waals surface area contributed by atoms with Gasteiger partial charge in [-0.25, -0.2) is 0 Å². The molecule has 2 heterocycles. The molecule has 40 heavy (non-hydrogen) atoms. The fourth-order valence-corrected chi connectivity index (χ4v) is 5.19. The Balaban J connectivity index is 1.32. The Bertz CT molecular complexity index is 1220. The molecule has 3 N–H and O–H groups in total. The third-order valence-electron chi connectivity index (χ3n) is 6.92. The van der Waals surface area contributed by atoms with Gasteiger partial charge in [0.2, 0.25) is 29.9 Å². The van der Waals surface area contributed by atoms with E-state index in [0.717, 1.165) is 5.56 Å². The molecule has 214 valence electrons. The molecule has 3 unspecified atom stereocenters. The minimum atomic E-state index is -0.935. The predicted octanol–water partition coefficient (Wildman–Crippen LogP) is 1.41. The first-order valence-electron chi connectivity index (χ1n) is 13.2. The van der Waals surface area contributed by atoms with Gasteiger partial charge in [0, 0.05) is 24.7 Å². The first kappa shape index (κ1) is 29.3. The van der Waals surface area contributed by atoms with Gasteiger partial charge in [-0.2, -0.15) is 0 Å². The zero-order valence-corrected chi connectivity index (χ0v) is 23.1. The second-order valence-corrected chi connectivity index (χ2v) is 10.6. The lowest BCUT2D eigenvalue weighted by atomic mass is 10.0. The van der Waals surface area contributed by atoms with Crippen LogP contribution >= 0.6 is 11.6 Å². The van der Waals surface area contributed by atoms with Crippen molar-refractivity contribution in [1.29, 1.82) is 0 Å². The fourth-order valence-electron chi connectivity index (χ4n) is 4.90. The zero-order valence-electron chi connectivity index (χ0n) is 22.4. The lowest BCUT2D eigenvalue weighted by Gasteiger charge is -2.29. The Morgan fingerprint density at radius 1 is 1.15 bits per heavy atom. The monoisotopic (exact) mass is 572 g/mol. The van der Waals surface area contributed by atoms with E-state index in [1.165, 1.54) is 11.8 Å². The second-order valence-electron chi connectivity index (χ2n) is 10.0. The Labute approximate surface area is 237 Å². The largest absolute Gasteiger partial charge is 0.433 e. The smallest absolute Gasteiger partial charge is 0.310 e. The van der Waals surface area contributed by atoms with Gasteiger partial charge >= 0.3 is 5.97 Å². The number of likely N-dealkylation sites (tertiary alicyclic amines) is 1. The van der Waals surface area contributed by atoms with Crippen LogP contribution in [-0.4, -0.2) is 70.8 Å². The van der Waals surface area contributed by atoms with E-state index in [1.807, 2.05) is 30.3 Å². The number of hydrogen-bond acceptors (Lipinski definition) is 7. The maximum absolute atomic E-state index is 13.3. The van der Waals surface area contributed by atoms with Crippen LogP contribution in [0.3, 0.4) is 0 Å². The van der Waals surface area contributed by atoms with E-state index in [0.29, 0.717) is 30.7 Å². The van der Waals surface area contributed by atoms with Gasteiger partial charge in [-0.3, -0.25) is 24.0 Å². The van der Waals surface area contributed by atoms with Crippen molar-refractivity contribution in [2.45, 2.75) is 75.9 Å². The molecule has 3 aliphatic rings. The number of rotatable bonds is 9. The Morgan fingerprint density at radius 3 is 2.60 bits per heavy atom. The van der Waals surface area contributed by atoms with Gasteiger partial charge < -0.3 is 30.3 Å². The van der Waals surface area contributed by atoms with Crippen molar-refractivity contribution >= 4 is 41.2 Å². The van der Waals surface area contributed by atoms with Crippen LogP contribution in [0.15, 0.2) is 53.8 Å². The average molecular weight is 573 g/mol. The molecule has 5 atom stereocenters. The molecule has 0 spiro atoms. The van der Waals surface area contributed by atoms with Crippen LogP contribution in [0.25, 0.3) is 0 Å². The minimum absolute atomic E-state index is 0.0346. The third-order valence-corrected chi connectivity index (χ3v) is 7.31. The van der Waals surface area contributed by atoms with E-state index >= 15 is 0 Å². The number of cyclic esters (lactones) is 1. The molecule has 2 aliphatic heterocycles. The number of hydrogen-bond donors (Lipinski definition) is 3. The van der Waals surface area contributed by atoms with E-state index in [1.54, 1.807) is 19.1 Å². The normalized spacial score (nSPS) is 24.9. The highest BCUT2D eigenvalue weighted by molar-refractivity contribution is 6.23. The number of halogens is 1. The van der Waals surface area contributed by atoms with Gasteiger partial charge in [-0.1, -0.05) is 36.4 Å². The van der Waals surface area contributed by atoms with E-state index in [2.05, 4.69) is 16.0 Å². The zero-order chi connectivity index (χ0) is 28.8. The van der Waals surface area contributed by atoms with Crippen LogP contribution in [0.5, 0.6) is 0 Å². The van der Waals surface area contributed by atoms with Crippen LogP contribution < -0.4 is 16.0 Å². The molecular formula is C28H33ClN4O7. The number of alkyl halides is 1. The van der Waals surface area contributed by atoms with E-state index < -0.39 is 53.5 Å². The molecule has 0 radical (unpaired) electrons. The van der Waals surface area contributed by atoms with Gasteiger partial charge in [0.1, 0.15) is 18.1 Å². The van der Waals surface area contributed by atoms with Crippen molar-refractivity contribution in [3.63, 3.8) is 0 Å². The molecule has 11 nitrogen and oxygen atoms in total. The predicted molar refractivity (Wildman–Crippen MR) is 144 cm³/mol. The molecule has 2 saturated heterocycles. The number of amides is 4. The van der Waals surface area contributed by atoms with Gasteiger partial charge in [0.25, 0.3) is 0 Å². The lowest BCUT2D eigenvalue weighted by Crippen LogP contribution is -2.54. The molecule has 1 aromatic carbocycles. The summed E-state index contributed by atoms with van der Waals surface area (Å²) in [6.07, 6.45) is 3.41. The van der Waals surface area contributed by atoms with Crippen molar-refractivity contribution in [1.82, 2.24) is 20.9 Å². The molecule has 1 aliphatic carbocycles. The van der Waals surface area contributed by atoms with Gasteiger partial charge in [0.15, 0.2) is 0 Å². The quantitative estimate of drug-likeness (QED) is 0.300. The summed E-state index contributed by atoms with van der Waals surface area (Å²) in [6.45, 7) is 3.50. The summed E-state index contributed by atoms with van der Waals surface area (Å²) in [5, 5.41) is 7.56. The van der Waals surface area contributed by atoms with Crippen LogP contribution in [0.4, 0.5) is 0 Å². The first-order valence-corrected chi connectivity index (χ1v) is 13.6. The molecule has 0 bridgehead atoms. The number of carbonyl (C=O) groups excluding carboxylic acids is 5. The summed E-state index contributed by atoms with van der Waals surface area (Å²) in [6, 6.07) is 7.06. The molecule has 0 aromatic heterocycles. The SMILES string of the molecule is CC(=O)NC1=CC=C(C(=O)N[C@@H](C)C(=O)N2CCC[C@H]2C(=O)NC2CC(=O)OC2OCc2ccccc2)CC1Cl. The van der Waals surface area contributed by atoms with Gasteiger partial charge in [-0.05, 0) is 37.8 Å². The number of allylic oxidation sites excluding steroid dienone is 3. The molecule has 1 aromatic rings. The summed E-state index contributed by atoms with van der Waals surface area (Å²) >= 11 is 6.30. The van der Waals surface area contributed by atoms with E-state index in [-0.39, 0.29) is 25.4 Å². The third kappa shape index (κ3) is 7.28. The number of nitrogens with one attached hydrogen (secondary N) is 3. The summed E-state index contributed by atoms with van der Waals surface area (Å²) in [5.41, 5.74) is 1.77. The summed E-state index contributed by atoms with van der Waals surface area (Å²) < 4.78 is 11.0. The highest BCUT2D eigenvalue weighted by Crippen LogP contribution is 2.24. The Morgan fingerprint density at radius 2 is 1.90 bits per heavy atom. The second kappa shape index (κ2) is 13.1. The number of benzene rings is 1. The van der Waals surface area contributed by atoms with E-state index in [4.69, 9.17) is 21.1 Å². The van der Waals surface area contributed by atoms with Gasteiger partial charge in [-0.15, -0.1) is 11.6 Å². The first-order chi connectivity index (χ1) is 19.1. The molecule has 12 heteroatoms. The molecule has 0 saturated carbocycles. The Hall–Kier alpha value is -3.70. The molecule has 4 amide bonds. The van der Waals surface area contributed by atoms with Crippen molar-refractivity contribution in [2.24, 2.45) is 0 Å². The number of nitrogens with zero attached hydrogens (tertiary/aromatic N) is 1. The maximum atomic E-state index is 13.3. The standard InChI is InChI=1S/C28H33ClN4O7/c1-16(30-25(36)19-10-11-21(20(29)13-19)31-17(2)34)27(38)33-12-6-9-23(33)26(37)32-22-14-24(35)40-28(22)39-15-18-7-4-3-5-8-18/h3-5,7-8,10-11,16,20,22-23,28H,6,9,12-15H2,1-2H3,(H,30,36)(H,31,34)(H,32,37)/t16-,20?,22?,23-,28?/m0/s1. The van der Waals surface area contributed by atoms with Crippen LogP contribution in [0.2, 0.25) is 0 Å². The van der Waals surface area contributed by atoms with E-state index in [9.17, 15) is 24.0 Å². The number of ether oxygens (including phenoxy) is 2. The topological polar surface area (TPSA) is 143 Å². The highest BCUT2D eigenvalue weighted by atomic mass is 35.5. The molecule has 2 fully saturated rings. The van der Waals surface area contributed by atoms with Crippen LogP contribution in [0.1, 0.15) is 45.1 Å². The highest BCUT2D eigenvalue weighted by Gasteiger charge is 2.41. The summed E-state index contributed by atoms with van der Waals surface area (Å²) in [5.74, 6) is -1.99. The molecular weight excluding hydrogens is 540 g/mol. The van der Waals surface area contributed by atoms with Gasteiger partial charge in [0.05, 0.1) is 18.4 Å². The van der Waals surface area contributed by atoms with Crippen molar-refractivity contribution in [3.05, 3.63) is 59.3 Å². The maximum Gasteiger partial charge on any atom is 0.310 e. The minimum Gasteiger partial charge on any atom is -0.433 e. The van der Waals surface area contributed by atoms with Crippen molar-refractivity contribution in [3.8, 4) is 0 Å². The summed E-state index contributed by atoms with van der Waals surface area (Å²) in [4.78, 5) is 64.0. The van der Waals surface area contributed by atoms with Crippen molar-refractivity contribution in [2.75, 3.05) is 6.54 Å². The number of carbonyl (C=O) groups is 5. The van der Waals surface area contributed by atoms with Crippen molar-refractivity contribution < 1.29 is 33.4 Å². The lowest BCUT2D eigenvalue weighted by molar-refractivity contribution is -0.168.